The molecule has 0 bridgehead atoms. The van der Waals surface area contributed by atoms with Crippen LogP contribution in [0.1, 0.15) is 22.8 Å². The largest absolute Gasteiger partial charge is 0.369 e. The third-order valence-electron chi connectivity index (χ3n) is 4.23. The number of anilines is 1. The molecule has 0 saturated carbocycles. The number of Topliss-reactive ketones (excluding diaryl/α,β-unsaturated/α-hetero) is 1. The van der Waals surface area contributed by atoms with E-state index in [1.165, 1.54) is 11.8 Å². The minimum Gasteiger partial charge on any atom is -0.369 e. The first kappa shape index (κ1) is 17.8. The molecule has 2 amide bonds. The third-order valence-corrected chi connectivity index (χ3v) is 4.23. The number of benzene rings is 2. The summed E-state index contributed by atoms with van der Waals surface area (Å²) in [5, 5.41) is 2.78. The van der Waals surface area contributed by atoms with Gasteiger partial charge in [-0.3, -0.25) is 14.4 Å². The number of amides is 2. The Morgan fingerprint density at radius 2 is 1.92 bits per heavy atom. The average Bonchev–Trinajstić information content (AvgIpc) is 2.64. The van der Waals surface area contributed by atoms with Gasteiger partial charge in [0, 0.05) is 17.8 Å². The first-order chi connectivity index (χ1) is 12.5. The van der Waals surface area contributed by atoms with E-state index >= 15 is 0 Å². The Hall–Kier alpha value is -2.99. The third kappa shape index (κ3) is 4.15. The monoisotopic (exact) mass is 352 g/mol. The van der Waals surface area contributed by atoms with Gasteiger partial charge < -0.3 is 15.0 Å². The van der Waals surface area contributed by atoms with Crippen molar-refractivity contribution in [2.24, 2.45) is 0 Å². The van der Waals surface area contributed by atoms with Crippen molar-refractivity contribution in [2.45, 2.75) is 19.5 Å². The van der Waals surface area contributed by atoms with Gasteiger partial charge >= 0.3 is 0 Å². The normalized spacial score (nSPS) is 17.0. The average molecular weight is 352 g/mol. The van der Waals surface area contributed by atoms with Gasteiger partial charge in [0.05, 0.1) is 6.61 Å². The maximum atomic E-state index is 12.7. The first-order valence-electron chi connectivity index (χ1n) is 8.37. The van der Waals surface area contributed by atoms with Crippen molar-refractivity contribution in [1.29, 1.82) is 0 Å². The molecule has 1 heterocycles. The lowest BCUT2D eigenvalue weighted by molar-refractivity contribution is -0.154. The number of ketones is 1. The summed E-state index contributed by atoms with van der Waals surface area (Å²) in [4.78, 5) is 38.0. The zero-order valence-electron chi connectivity index (χ0n) is 14.5. The highest BCUT2D eigenvalue weighted by molar-refractivity contribution is 6.00. The van der Waals surface area contributed by atoms with Crippen molar-refractivity contribution in [2.75, 3.05) is 18.5 Å². The summed E-state index contributed by atoms with van der Waals surface area (Å²) >= 11 is 0. The molecule has 0 radical (unpaired) electrons. The number of carbonyl (C=O) groups excluding carboxylic acids is 3. The fourth-order valence-electron chi connectivity index (χ4n) is 2.84. The number of hydrogen-bond acceptors (Lipinski definition) is 4. The molecule has 1 atom stereocenters. The van der Waals surface area contributed by atoms with Crippen LogP contribution in [0.5, 0.6) is 0 Å². The Morgan fingerprint density at radius 1 is 1.15 bits per heavy atom. The van der Waals surface area contributed by atoms with Crippen LogP contribution in [0.15, 0.2) is 54.6 Å². The summed E-state index contributed by atoms with van der Waals surface area (Å²) in [6, 6.07) is 15.5. The van der Waals surface area contributed by atoms with Gasteiger partial charge in [0.25, 0.3) is 0 Å². The fourth-order valence-corrected chi connectivity index (χ4v) is 2.84. The molecule has 0 aromatic heterocycles. The molecule has 2 aromatic carbocycles. The van der Waals surface area contributed by atoms with Crippen molar-refractivity contribution < 1.29 is 19.1 Å². The molecule has 6 heteroatoms. The van der Waals surface area contributed by atoms with Crippen LogP contribution in [0, 0.1) is 0 Å². The Morgan fingerprint density at radius 3 is 2.65 bits per heavy atom. The minimum absolute atomic E-state index is 0.0313. The van der Waals surface area contributed by atoms with Gasteiger partial charge in [0.1, 0.15) is 12.6 Å². The zero-order chi connectivity index (χ0) is 18.5. The van der Waals surface area contributed by atoms with Crippen LogP contribution in [0.4, 0.5) is 5.69 Å². The van der Waals surface area contributed by atoms with Crippen LogP contribution in [-0.2, 0) is 20.9 Å². The number of morpholine rings is 1. The smallest absolute Gasteiger partial charge is 0.249 e. The lowest BCUT2D eigenvalue weighted by Gasteiger charge is -2.34. The number of nitrogens with zero attached hydrogens (tertiary/aromatic N) is 1. The van der Waals surface area contributed by atoms with E-state index in [4.69, 9.17) is 4.74 Å². The summed E-state index contributed by atoms with van der Waals surface area (Å²) < 4.78 is 5.28. The zero-order valence-corrected chi connectivity index (χ0v) is 14.5. The quantitative estimate of drug-likeness (QED) is 0.838. The van der Waals surface area contributed by atoms with Crippen molar-refractivity contribution in [3.63, 3.8) is 0 Å². The molecule has 1 unspecified atom stereocenters. The Balaban J connectivity index is 1.76. The molecule has 0 aliphatic carbocycles. The Bertz CT molecular complexity index is 820. The van der Waals surface area contributed by atoms with Gasteiger partial charge in [0.15, 0.2) is 5.78 Å². The SMILES string of the molecule is CC(=O)c1cccc(NC(=O)C2COCC(=O)N2Cc2ccccc2)c1. The van der Waals surface area contributed by atoms with Crippen LogP contribution < -0.4 is 5.32 Å². The summed E-state index contributed by atoms with van der Waals surface area (Å²) in [7, 11) is 0. The topological polar surface area (TPSA) is 75.7 Å². The Kier molecular flexibility index (Phi) is 5.43. The highest BCUT2D eigenvalue weighted by Gasteiger charge is 2.34. The molecule has 1 N–H and O–H groups in total. The maximum Gasteiger partial charge on any atom is 0.249 e. The van der Waals surface area contributed by atoms with Crippen molar-refractivity contribution in [3.05, 3.63) is 65.7 Å². The van der Waals surface area contributed by atoms with Crippen molar-refractivity contribution in [3.8, 4) is 0 Å². The second kappa shape index (κ2) is 7.93. The number of nitrogens with one attached hydrogen (secondary N) is 1. The highest BCUT2D eigenvalue weighted by atomic mass is 16.5. The van der Waals surface area contributed by atoms with Crippen LogP contribution in [0.25, 0.3) is 0 Å². The van der Waals surface area contributed by atoms with E-state index in [9.17, 15) is 14.4 Å². The maximum absolute atomic E-state index is 12.7. The van der Waals surface area contributed by atoms with Crippen LogP contribution in [0.3, 0.4) is 0 Å². The molecule has 1 aliphatic heterocycles. The van der Waals surface area contributed by atoms with E-state index in [1.54, 1.807) is 24.3 Å². The lowest BCUT2D eigenvalue weighted by Crippen LogP contribution is -2.54. The summed E-state index contributed by atoms with van der Waals surface area (Å²) in [6.45, 7) is 1.91. The van der Waals surface area contributed by atoms with E-state index in [0.29, 0.717) is 17.8 Å². The van der Waals surface area contributed by atoms with Gasteiger partial charge in [-0.25, -0.2) is 0 Å². The molecule has 6 nitrogen and oxygen atoms in total. The molecule has 2 aromatic rings. The second-order valence-electron chi connectivity index (χ2n) is 6.16. The standard InChI is InChI=1S/C20H20N2O4/c1-14(23)16-8-5-9-17(10-16)21-20(25)18-12-26-13-19(24)22(18)11-15-6-3-2-4-7-15/h2-10,18H,11-13H2,1H3,(H,21,25). The summed E-state index contributed by atoms with van der Waals surface area (Å²) in [6.07, 6.45) is 0. The van der Waals surface area contributed by atoms with Crippen LogP contribution in [0.2, 0.25) is 0 Å². The highest BCUT2D eigenvalue weighted by Crippen LogP contribution is 2.17. The molecule has 1 fully saturated rings. The second-order valence-corrected chi connectivity index (χ2v) is 6.16. The van der Waals surface area contributed by atoms with Crippen molar-refractivity contribution >= 4 is 23.3 Å². The van der Waals surface area contributed by atoms with Gasteiger partial charge in [-0.15, -0.1) is 0 Å². The molecule has 26 heavy (non-hydrogen) atoms. The summed E-state index contributed by atoms with van der Waals surface area (Å²) in [5.74, 6) is -0.643. The predicted molar refractivity (Wildman–Crippen MR) is 96.7 cm³/mol. The number of ether oxygens (including phenoxy) is 1. The number of hydrogen-bond donors (Lipinski definition) is 1. The molecular weight excluding hydrogens is 332 g/mol. The van der Waals surface area contributed by atoms with Gasteiger partial charge in [-0.05, 0) is 24.6 Å². The Labute approximate surface area is 151 Å². The molecule has 1 saturated heterocycles. The lowest BCUT2D eigenvalue weighted by atomic mass is 10.1. The van der Waals surface area contributed by atoms with E-state index < -0.39 is 6.04 Å². The van der Waals surface area contributed by atoms with Gasteiger partial charge in [-0.2, -0.15) is 0 Å². The van der Waals surface area contributed by atoms with Crippen LogP contribution in [-0.4, -0.2) is 41.8 Å². The van der Waals surface area contributed by atoms with E-state index in [2.05, 4.69) is 5.32 Å². The predicted octanol–water partition coefficient (Wildman–Crippen LogP) is 2.26. The van der Waals surface area contributed by atoms with Crippen molar-refractivity contribution in [1.82, 2.24) is 4.90 Å². The minimum atomic E-state index is -0.725. The molecule has 1 aliphatic rings. The number of carbonyl (C=O) groups is 3. The van der Waals surface area contributed by atoms with Gasteiger partial charge in [-0.1, -0.05) is 42.5 Å². The van der Waals surface area contributed by atoms with Crippen LogP contribution >= 0.6 is 0 Å². The first-order valence-corrected chi connectivity index (χ1v) is 8.37. The molecular formula is C20H20N2O4. The van der Waals surface area contributed by atoms with Gasteiger partial charge in [0.2, 0.25) is 11.8 Å². The molecule has 3 rings (SSSR count). The van der Waals surface area contributed by atoms with E-state index in [0.717, 1.165) is 5.56 Å². The molecule has 0 spiro atoms. The summed E-state index contributed by atoms with van der Waals surface area (Å²) in [5.41, 5.74) is 1.97. The van der Waals surface area contributed by atoms with E-state index in [1.807, 2.05) is 30.3 Å². The number of rotatable bonds is 5. The van der Waals surface area contributed by atoms with E-state index in [-0.39, 0.29) is 30.8 Å². The fraction of sp³-hybridized carbons (Fsp3) is 0.250. The molecule has 134 valence electrons.